The predicted octanol–water partition coefficient (Wildman–Crippen LogP) is 10.2. The molecule has 0 radical (unpaired) electrons. The van der Waals surface area contributed by atoms with Crippen LogP contribution in [-0.4, -0.2) is 25.0 Å². The molecule has 0 spiro atoms. The molecule has 1 unspecified atom stereocenters. The minimum atomic E-state index is -0.317. The highest BCUT2D eigenvalue weighted by molar-refractivity contribution is 5.81. The summed E-state index contributed by atoms with van der Waals surface area (Å²) in [5.41, 5.74) is 0.953. The number of hydrogen-bond acceptors (Lipinski definition) is 6. The average molecular weight is 559 g/mol. The van der Waals surface area contributed by atoms with E-state index in [1.54, 1.807) is 0 Å². The molecule has 0 N–H and O–H groups in total. The molecular weight excluding hydrogens is 500 g/mol. The normalized spacial score (nSPS) is 13.8. The second-order valence-electron chi connectivity index (χ2n) is 11.5. The summed E-state index contributed by atoms with van der Waals surface area (Å²) in [5, 5.41) is 6.37. The van der Waals surface area contributed by atoms with Crippen LogP contribution in [0.15, 0.2) is 29.4 Å². The SMILES string of the molecule is CCCCCCCCCCCCCCCCOc1cccc(N2CCC(OOC(=O)CC(CC)CCCC)=N2)c1. The standard InChI is InChI=1S/C34H58N2O4/c1-4-7-9-10-11-12-13-14-15-16-17-18-19-20-27-38-32-24-21-23-31(29-32)36-26-25-33(35-36)39-40-34(37)28-30(6-3)22-8-5-2/h21,23-24,29-30H,4-20,22,25-28H2,1-3H3. The van der Waals surface area contributed by atoms with E-state index in [1.807, 2.05) is 29.3 Å². The van der Waals surface area contributed by atoms with Crippen molar-refractivity contribution in [3.05, 3.63) is 24.3 Å². The maximum absolute atomic E-state index is 12.2. The molecule has 1 heterocycles. The molecule has 1 aliphatic heterocycles. The lowest BCUT2D eigenvalue weighted by Gasteiger charge is -2.14. The number of hydrazone groups is 1. The lowest BCUT2D eigenvalue weighted by Crippen LogP contribution is -2.14. The van der Waals surface area contributed by atoms with Gasteiger partial charge >= 0.3 is 5.97 Å². The van der Waals surface area contributed by atoms with Gasteiger partial charge in [0, 0.05) is 6.07 Å². The highest BCUT2D eigenvalue weighted by Crippen LogP contribution is 2.25. The first kappa shape index (κ1) is 34.0. The maximum Gasteiger partial charge on any atom is 0.355 e. The minimum Gasteiger partial charge on any atom is -0.494 e. The van der Waals surface area contributed by atoms with Gasteiger partial charge in [0.1, 0.15) is 5.75 Å². The fourth-order valence-corrected chi connectivity index (χ4v) is 5.21. The third-order valence-corrected chi connectivity index (χ3v) is 7.88. The molecule has 0 bridgehead atoms. The molecule has 0 saturated heterocycles. The van der Waals surface area contributed by atoms with Gasteiger partial charge in [0.15, 0.2) is 0 Å². The molecule has 228 valence electrons. The quantitative estimate of drug-likeness (QED) is 0.0759. The second-order valence-corrected chi connectivity index (χ2v) is 11.5. The first-order valence-electron chi connectivity index (χ1n) is 16.6. The van der Waals surface area contributed by atoms with Gasteiger partial charge in [-0.05, 0) is 30.9 Å². The lowest BCUT2D eigenvalue weighted by atomic mass is 9.96. The van der Waals surface area contributed by atoms with Crippen LogP contribution in [0.1, 0.15) is 149 Å². The van der Waals surface area contributed by atoms with Crippen LogP contribution in [0.4, 0.5) is 5.69 Å². The predicted molar refractivity (Wildman–Crippen MR) is 167 cm³/mol. The largest absolute Gasteiger partial charge is 0.494 e. The zero-order valence-corrected chi connectivity index (χ0v) is 26.0. The van der Waals surface area contributed by atoms with E-state index in [1.165, 1.54) is 83.5 Å². The Bertz CT molecular complexity index is 813. The number of carbonyl (C=O) groups excluding carboxylic acids is 1. The number of nitrogens with zero attached hydrogens (tertiary/aromatic N) is 2. The molecule has 1 aliphatic rings. The topological polar surface area (TPSA) is 60.4 Å². The molecule has 0 amide bonds. The van der Waals surface area contributed by atoms with Crippen LogP contribution >= 0.6 is 0 Å². The van der Waals surface area contributed by atoms with Crippen molar-refractivity contribution in [3.63, 3.8) is 0 Å². The summed E-state index contributed by atoms with van der Waals surface area (Å²) < 4.78 is 6.02. The summed E-state index contributed by atoms with van der Waals surface area (Å²) >= 11 is 0. The average Bonchev–Trinajstić information content (AvgIpc) is 3.45. The van der Waals surface area contributed by atoms with Crippen LogP contribution in [-0.2, 0) is 14.6 Å². The Balaban J connectivity index is 1.54. The van der Waals surface area contributed by atoms with Gasteiger partial charge in [-0.2, -0.15) is 0 Å². The molecule has 1 atom stereocenters. The zero-order valence-electron chi connectivity index (χ0n) is 26.0. The van der Waals surface area contributed by atoms with Gasteiger partial charge in [0.25, 0.3) is 5.90 Å². The van der Waals surface area contributed by atoms with Crippen molar-refractivity contribution in [1.82, 2.24) is 0 Å². The molecule has 0 fully saturated rings. The number of unbranched alkanes of at least 4 members (excludes halogenated alkanes) is 14. The van der Waals surface area contributed by atoms with Gasteiger partial charge in [-0.25, -0.2) is 9.68 Å². The third kappa shape index (κ3) is 15.5. The first-order valence-corrected chi connectivity index (χ1v) is 16.6. The van der Waals surface area contributed by atoms with E-state index in [4.69, 9.17) is 14.5 Å². The molecule has 1 aromatic rings. The van der Waals surface area contributed by atoms with Crippen molar-refractivity contribution in [2.45, 2.75) is 149 Å². The Morgan fingerprint density at radius 2 is 1.48 bits per heavy atom. The van der Waals surface area contributed by atoms with Crippen molar-refractivity contribution in [2.75, 3.05) is 18.2 Å². The molecule has 1 aromatic carbocycles. The van der Waals surface area contributed by atoms with Crippen LogP contribution in [0.25, 0.3) is 0 Å². The molecule has 0 aliphatic carbocycles. The summed E-state index contributed by atoms with van der Waals surface area (Å²) in [6.07, 6.45) is 24.3. The van der Waals surface area contributed by atoms with Crippen LogP contribution in [0.3, 0.4) is 0 Å². The first-order chi connectivity index (χ1) is 19.7. The van der Waals surface area contributed by atoms with Gasteiger partial charge in [0.2, 0.25) is 0 Å². The summed E-state index contributed by atoms with van der Waals surface area (Å²) in [6.45, 7) is 7.99. The van der Waals surface area contributed by atoms with Gasteiger partial charge in [-0.1, -0.05) is 130 Å². The summed E-state index contributed by atoms with van der Waals surface area (Å²) in [5.74, 6) is 1.33. The maximum atomic E-state index is 12.2. The van der Waals surface area contributed by atoms with Crippen molar-refractivity contribution in [1.29, 1.82) is 0 Å². The monoisotopic (exact) mass is 558 g/mol. The van der Waals surface area contributed by atoms with Crippen molar-refractivity contribution < 1.29 is 19.3 Å². The van der Waals surface area contributed by atoms with Crippen molar-refractivity contribution in [3.8, 4) is 5.75 Å². The van der Waals surface area contributed by atoms with Crippen LogP contribution in [0.5, 0.6) is 5.75 Å². The van der Waals surface area contributed by atoms with Crippen LogP contribution < -0.4 is 9.75 Å². The van der Waals surface area contributed by atoms with Gasteiger partial charge in [0.05, 0.1) is 31.7 Å². The van der Waals surface area contributed by atoms with Crippen LogP contribution in [0, 0.1) is 5.92 Å². The number of benzene rings is 1. The highest BCUT2D eigenvalue weighted by Gasteiger charge is 2.21. The van der Waals surface area contributed by atoms with Crippen molar-refractivity contribution in [2.24, 2.45) is 11.0 Å². The van der Waals surface area contributed by atoms with E-state index in [9.17, 15) is 4.79 Å². The fourth-order valence-electron chi connectivity index (χ4n) is 5.21. The molecule has 0 aromatic heterocycles. The molecule has 6 heteroatoms. The number of hydrogen-bond donors (Lipinski definition) is 0. The van der Waals surface area contributed by atoms with E-state index in [0.29, 0.717) is 31.2 Å². The lowest BCUT2D eigenvalue weighted by molar-refractivity contribution is -0.224. The fraction of sp³-hybridized carbons (Fsp3) is 0.765. The Morgan fingerprint density at radius 1 is 0.850 bits per heavy atom. The number of rotatable bonds is 23. The van der Waals surface area contributed by atoms with E-state index in [2.05, 4.69) is 25.9 Å². The van der Waals surface area contributed by atoms with Gasteiger partial charge < -0.3 is 4.74 Å². The smallest absolute Gasteiger partial charge is 0.355 e. The summed E-state index contributed by atoms with van der Waals surface area (Å²) in [6, 6.07) is 8.01. The van der Waals surface area contributed by atoms with Gasteiger partial charge in [-0.15, -0.1) is 5.10 Å². The summed E-state index contributed by atoms with van der Waals surface area (Å²) in [7, 11) is 0. The Morgan fingerprint density at radius 3 is 2.10 bits per heavy atom. The van der Waals surface area contributed by atoms with Crippen LogP contribution in [0.2, 0.25) is 0 Å². The Labute approximate surface area is 245 Å². The highest BCUT2D eigenvalue weighted by atomic mass is 17.2. The minimum absolute atomic E-state index is 0.317. The Kier molecular flexibility index (Phi) is 19.1. The molecule has 2 rings (SSSR count). The number of anilines is 1. The third-order valence-electron chi connectivity index (χ3n) is 7.88. The van der Waals surface area contributed by atoms with E-state index >= 15 is 0 Å². The molecule has 0 saturated carbocycles. The number of carbonyl (C=O) groups is 1. The number of ether oxygens (including phenoxy) is 1. The van der Waals surface area contributed by atoms with Crippen molar-refractivity contribution >= 4 is 17.6 Å². The van der Waals surface area contributed by atoms with E-state index < -0.39 is 0 Å². The van der Waals surface area contributed by atoms with Gasteiger partial charge in [-0.3, -0.25) is 9.90 Å². The zero-order chi connectivity index (χ0) is 28.7. The van der Waals surface area contributed by atoms with E-state index in [0.717, 1.165) is 50.1 Å². The molecular formula is C34H58N2O4. The Hall–Kier alpha value is -2.24. The molecule has 40 heavy (non-hydrogen) atoms. The summed E-state index contributed by atoms with van der Waals surface area (Å²) in [4.78, 5) is 22.5. The van der Waals surface area contributed by atoms with E-state index in [-0.39, 0.29) is 5.97 Å². The second kappa shape index (κ2) is 22.4. The molecule has 6 nitrogen and oxygen atoms in total.